The molecule has 0 radical (unpaired) electrons. The second kappa shape index (κ2) is 5.37. The lowest BCUT2D eigenvalue weighted by Gasteiger charge is -2.26. The summed E-state index contributed by atoms with van der Waals surface area (Å²) in [5.74, 6) is -1.00. The zero-order valence-corrected chi connectivity index (χ0v) is 11.9. The molecule has 2 N–H and O–H groups in total. The topological polar surface area (TPSA) is 87.5 Å². The van der Waals surface area contributed by atoms with Gasteiger partial charge in [0.15, 0.2) is 5.58 Å². The fourth-order valence-corrected chi connectivity index (χ4v) is 2.97. The van der Waals surface area contributed by atoms with Crippen LogP contribution in [0.4, 0.5) is 5.69 Å². The number of benzene rings is 1. The van der Waals surface area contributed by atoms with Crippen LogP contribution in [0.1, 0.15) is 30.5 Å². The minimum Gasteiger partial charge on any atom is -0.407 e. The Labute approximate surface area is 121 Å². The van der Waals surface area contributed by atoms with Gasteiger partial charge in [-0.1, -0.05) is 0 Å². The third-order valence-corrected chi connectivity index (χ3v) is 4.18. The highest BCUT2D eigenvalue weighted by molar-refractivity contribution is 5.91. The Morgan fingerprint density at radius 3 is 2.71 bits per heavy atom. The number of methoxy groups -OCH3 is 1. The van der Waals surface area contributed by atoms with Gasteiger partial charge >= 0.3 is 5.76 Å². The van der Waals surface area contributed by atoms with Gasteiger partial charge in [0.2, 0.25) is 5.91 Å². The van der Waals surface area contributed by atoms with Crippen molar-refractivity contribution < 1.29 is 13.9 Å². The van der Waals surface area contributed by atoms with E-state index in [2.05, 4.69) is 0 Å². The number of nitrogens with two attached hydrogens (primary N) is 1. The molecule has 1 aromatic carbocycles. The summed E-state index contributed by atoms with van der Waals surface area (Å²) in [4.78, 5) is 24.6. The van der Waals surface area contributed by atoms with Crippen molar-refractivity contribution in [2.75, 3.05) is 12.8 Å². The number of nitrogen functional groups attached to an aromatic ring is 1. The number of fused-ring (bicyclic) bond motifs is 1. The molecule has 2 aromatic rings. The molecule has 0 spiro atoms. The van der Waals surface area contributed by atoms with Crippen LogP contribution in [0.2, 0.25) is 0 Å². The van der Waals surface area contributed by atoms with Gasteiger partial charge in [0.05, 0.1) is 11.6 Å². The fraction of sp³-hybridized carbons (Fsp3) is 0.467. The van der Waals surface area contributed by atoms with Crippen LogP contribution in [0.3, 0.4) is 0 Å². The van der Waals surface area contributed by atoms with Crippen LogP contribution >= 0.6 is 0 Å². The number of carbonyl (C=O) groups excluding carboxylic acids is 1. The molecule has 112 valence electrons. The fourth-order valence-electron chi connectivity index (χ4n) is 2.97. The average molecular weight is 290 g/mol. The van der Waals surface area contributed by atoms with Crippen molar-refractivity contribution in [3.63, 3.8) is 0 Å². The molecule has 3 rings (SSSR count). The highest BCUT2D eigenvalue weighted by Crippen LogP contribution is 2.28. The molecule has 1 saturated carbocycles. The summed E-state index contributed by atoms with van der Waals surface area (Å²) < 4.78 is 11.6. The first-order chi connectivity index (χ1) is 10.1. The standard InChI is InChI=1S/C15H18N2O4/c1-20-11-5-2-9(3-6-11)14(18)17-12-7-4-10(16)8-13(12)21-15(17)19/h4,7-9,11H,2-3,5-6,16H2,1H3. The normalized spacial score (nSPS) is 22.5. The minimum absolute atomic E-state index is 0.160. The van der Waals surface area contributed by atoms with E-state index >= 15 is 0 Å². The molecule has 0 unspecified atom stereocenters. The summed E-state index contributed by atoms with van der Waals surface area (Å²) in [6.07, 6.45) is 3.35. The number of aromatic nitrogens is 1. The summed E-state index contributed by atoms with van der Waals surface area (Å²) in [6, 6.07) is 4.86. The van der Waals surface area contributed by atoms with E-state index in [4.69, 9.17) is 14.9 Å². The van der Waals surface area contributed by atoms with Crippen LogP contribution in [0, 0.1) is 5.92 Å². The molecule has 0 amide bonds. The van der Waals surface area contributed by atoms with Gasteiger partial charge in [0.1, 0.15) is 0 Å². The van der Waals surface area contributed by atoms with Gasteiger partial charge in [0, 0.05) is 24.8 Å². The van der Waals surface area contributed by atoms with E-state index in [9.17, 15) is 9.59 Å². The van der Waals surface area contributed by atoms with Gasteiger partial charge < -0.3 is 14.9 Å². The van der Waals surface area contributed by atoms with Crippen LogP contribution < -0.4 is 11.5 Å². The van der Waals surface area contributed by atoms with E-state index in [0.29, 0.717) is 16.8 Å². The van der Waals surface area contributed by atoms with Gasteiger partial charge in [0.25, 0.3) is 0 Å². The van der Waals surface area contributed by atoms with Gasteiger partial charge in [-0.05, 0) is 37.8 Å². The molecule has 21 heavy (non-hydrogen) atoms. The Morgan fingerprint density at radius 1 is 1.33 bits per heavy atom. The van der Waals surface area contributed by atoms with Crippen LogP contribution in [0.15, 0.2) is 27.4 Å². The van der Waals surface area contributed by atoms with Gasteiger partial charge in [-0.2, -0.15) is 0 Å². The predicted molar refractivity (Wildman–Crippen MR) is 78.3 cm³/mol. The number of nitrogens with zero attached hydrogens (tertiary/aromatic N) is 1. The number of rotatable bonds is 2. The predicted octanol–water partition coefficient (Wildman–Crippen LogP) is 2.02. The van der Waals surface area contributed by atoms with Crippen molar-refractivity contribution in [2.24, 2.45) is 5.92 Å². The Bertz CT molecular complexity index is 723. The van der Waals surface area contributed by atoms with E-state index in [-0.39, 0.29) is 17.9 Å². The Kier molecular flexibility index (Phi) is 3.55. The lowest BCUT2D eigenvalue weighted by molar-refractivity contribution is 0.0480. The Balaban J connectivity index is 1.92. The Morgan fingerprint density at radius 2 is 2.05 bits per heavy atom. The average Bonchev–Trinajstić information content (AvgIpc) is 2.81. The number of carbonyl (C=O) groups is 1. The number of hydrogen-bond donors (Lipinski definition) is 1. The van der Waals surface area contributed by atoms with Crippen molar-refractivity contribution in [1.82, 2.24) is 4.57 Å². The van der Waals surface area contributed by atoms with Crippen molar-refractivity contribution in [3.05, 3.63) is 28.7 Å². The Hall–Kier alpha value is -2.08. The third kappa shape index (κ3) is 2.47. The first-order valence-electron chi connectivity index (χ1n) is 7.08. The van der Waals surface area contributed by atoms with Crippen LogP contribution in [0.25, 0.3) is 11.1 Å². The third-order valence-electron chi connectivity index (χ3n) is 4.18. The zero-order valence-electron chi connectivity index (χ0n) is 11.9. The minimum atomic E-state index is -0.644. The monoisotopic (exact) mass is 290 g/mol. The summed E-state index contributed by atoms with van der Waals surface area (Å²) >= 11 is 0. The molecular formula is C15H18N2O4. The van der Waals surface area contributed by atoms with E-state index in [1.54, 1.807) is 25.3 Å². The molecule has 0 bridgehead atoms. The highest BCUT2D eigenvalue weighted by Gasteiger charge is 2.29. The number of hydrogen-bond acceptors (Lipinski definition) is 5. The zero-order chi connectivity index (χ0) is 15.0. The highest BCUT2D eigenvalue weighted by atomic mass is 16.5. The molecule has 1 aliphatic carbocycles. The molecule has 0 atom stereocenters. The second-order valence-electron chi connectivity index (χ2n) is 5.48. The van der Waals surface area contributed by atoms with E-state index in [1.165, 1.54) is 0 Å². The second-order valence-corrected chi connectivity index (χ2v) is 5.48. The van der Waals surface area contributed by atoms with Gasteiger partial charge in [-0.25, -0.2) is 9.36 Å². The van der Waals surface area contributed by atoms with Crippen molar-refractivity contribution in [1.29, 1.82) is 0 Å². The summed E-state index contributed by atoms with van der Waals surface area (Å²) in [5.41, 5.74) is 6.99. The van der Waals surface area contributed by atoms with Crippen LogP contribution in [0.5, 0.6) is 0 Å². The largest absolute Gasteiger partial charge is 0.426 e. The van der Waals surface area contributed by atoms with Crippen LogP contribution in [-0.4, -0.2) is 23.7 Å². The number of ether oxygens (including phenoxy) is 1. The summed E-state index contributed by atoms with van der Waals surface area (Å²) in [7, 11) is 1.69. The molecule has 0 aliphatic heterocycles. The molecule has 1 aromatic heterocycles. The van der Waals surface area contributed by atoms with Crippen molar-refractivity contribution in [3.8, 4) is 0 Å². The first-order valence-corrected chi connectivity index (χ1v) is 7.08. The summed E-state index contributed by atoms with van der Waals surface area (Å²) in [6.45, 7) is 0. The number of oxazole rings is 1. The SMILES string of the molecule is COC1CCC(C(=O)n2c(=O)oc3cc(N)ccc32)CC1. The van der Waals surface area contributed by atoms with Crippen molar-refractivity contribution in [2.45, 2.75) is 31.8 Å². The summed E-state index contributed by atoms with van der Waals surface area (Å²) in [5, 5.41) is 0. The maximum atomic E-state index is 12.6. The van der Waals surface area contributed by atoms with E-state index in [0.717, 1.165) is 30.3 Å². The van der Waals surface area contributed by atoms with Crippen LogP contribution in [-0.2, 0) is 4.74 Å². The molecule has 6 nitrogen and oxygen atoms in total. The molecule has 0 saturated heterocycles. The molecule has 1 aliphatic rings. The lowest BCUT2D eigenvalue weighted by atomic mass is 9.86. The first kappa shape index (κ1) is 13.9. The quantitative estimate of drug-likeness (QED) is 0.855. The lowest BCUT2D eigenvalue weighted by Crippen LogP contribution is -2.33. The molecule has 1 heterocycles. The number of anilines is 1. The van der Waals surface area contributed by atoms with E-state index < -0.39 is 5.76 Å². The maximum Gasteiger partial charge on any atom is 0.426 e. The molecule has 6 heteroatoms. The van der Waals surface area contributed by atoms with Crippen molar-refractivity contribution >= 4 is 22.7 Å². The van der Waals surface area contributed by atoms with Gasteiger partial charge in [-0.15, -0.1) is 0 Å². The molecule has 1 fully saturated rings. The molecular weight excluding hydrogens is 272 g/mol. The van der Waals surface area contributed by atoms with Gasteiger partial charge in [-0.3, -0.25) is 4.79 Å². The smallest absolute Gasteiger partial charge is 0.407 e. The van der Waals surface area contributed by atoms with E-state index in [1.807, 2.05) is 0 Å². The maximum absolute atomic E-state index is 12.6.